The molecule has 0 saturated carbocycles. The van der Waals surface area contributed by atoms with Crippen LogP contribution in [0.1, 0.15) is 0 Å². The molecule has 0 aliphatic rings. The zero-order chi connectivity index (χ0) is 11.4. The summed E-state index contributed by atoms with van der Waals surface area (Å²) in [6.45, 7) is 0.294. The smallest absolute Gasteiger partial charge is 0.169 e. The molecule has 15 heavy (non-hydrogen) atoms. The van der Waals surface area contributed by atoms with Gasteiger partial charge in [0.1, 0.15) is 12.4 Å². The molecule has 0 aromatic heterocycles. The van der Waals surface area contributed by atoms with Crippen LogP contribution in [0.4, 0.5) is 4.39 Å². The molecule has 0 amide bonds. The van der Waals surface area contributed by atoms with Gasteiger partial charge < -0.3 is 9.84 Å². The lowest BCUT2D eigenvalue weighted by Gasteiger charge is -2.05. The number of ether oxygens (including phenoxy) is 1. The van der Waals surface area contributed by atoms with Gasteiger partial charge in [-0.15, -0.1) is 0 Å². The number of phenols is 1. The maximum Gasteiger partial charge on any atom is 0.169 e. The molecule has 0 atom stereocenters. The van der Waals surface area contributed by atoms with E-state index < -0.39 is 11.6 Å². The van der Waals surface area contributed by atoms with Gasteiger partial charge in [-0.3, -0.25) is 0 Å². The molecule has 0 radical (unpaired) electrons. The monoisotopic (exact) mass is 402 g/mol. The molecule has 0 fully saturated rings. The summed E-state index contributed by atoms with van der Waals surface area (Å²) in [6, 6.07) is 2.62. The van der Waals surface area contributed by atoms with Crippen LogP contribution in [0, 0.1) is 5.82 Å². The molecule has 0 heterocycles. The molecule has 0 aliphatic heterocycles. The van der Waals surface area contributed by atoms with E-state index in [4.69, 9.17) is 9.84 Å². The van der Waals surface area contributed by atoms with Crippen LogP contribution in [0.25, 0.3) is 0 Å². The molecule has 0 unspecified atom stereocenters. The predicted octanol–water partition coefficient (Wildman–Crippen LogP) is 4.30. The van der Waals surface area contributed by atoms with E-state index in [2.05, 4.69) is 47.8 Å². The lowest BCUT2D eigenvalue weighted by atomic mass is 10.3. The minimum absolute atomic E-state index is 0.263. The van der Waals surface area contributed by atoms with Crippen LogP contribution >= 0.6 is 47.8 Å². The standard InChI is InChI=1S/C9H6Br3FO2/c10-6-3-5(4-7(13)9(6)14)15-2-1-8(11)12/h1,3-4,14H,2H2. The van der Waals surface area contributed by atoms with E-state index in [-0.39, 0.29) is 4.47 Å². The summed E-state index contributed by atoms with van der Waals surface area (Å²) in [4.78, 5) is 0. The Labute approximate surface area is 112 Å². The van der Waals surface area contributed by atoms with E-state index in [0.29, 0.717) is 12.4 Å². The third-order valence-corrected chi connectivity index (χ3v) is 2.73. The highest BCUT2D eigenvalue weighted by atomic mass is 79.9. The Bertz CT molecular complexity index is 366. The SMILES string of the molecule is Oc1c(F)cc(OCC=C(Br)Br)cc1Br. The van der Waals surface area contributed by atoms with Gasteiger partial charge in [-0.2, -0.15) is 0 Å². The van der Waals surface area contributed by atoms with E-state index in [1.54, 1.807) is 6.08 Å². The van der Waals surface area contributed by atoms with Gasteiger partial charge >= 0.3 is 0 Å². The zero-order valence-corrected chi connectivity index (χ0v) is 12.1. The van der Waals surface area contributed by atoms with Gasteiger partial charge in [-0.1, -0.05) is 0 Å². The van der Waals surface area contributed by atoms with Crippen LogP contribution in [-0.4, -0.2) is 11.7 Å². The normalized spacial score (nSPS) is 9.87. The van der Waals surface area contributed by atoms with Crippen molar-refractivity contribution < 1.29 is 14.2 Å². The molecule has 0 saturated heterocycles. The fraction of sp³-hybridized carbons (Fsp3) is 0.111. The van der Waals surface area contributed by atoms with Crippen molar-refractivity contribution in [2.75, 3.05) is 6.61 Å². The second-order valence-electron chi connectivity index (χ2n) is 2.54. The minimum Gasteiger partial charge on any atom is -0.504 e. The molecule has 0 bridgehead atoms. The van der Waals surface area contributed by atoms with E-state index in [0.717, 1.165) is 9.46 Å². The van der Waals surface area contributed by atoms with E-state index in [9.17, 15) is 4.39 Å². The fourth-order valence-electron chi connectivity index (χ4n) is 0.826. The maximum absolute atomic E-state index is 13.0. The first kappa shape index (κ1) is 13.0. The average molecular weight is 405 g/mol. The Balaban J connectivity index is 2.75. The summed E-state index contributed by atoms with van der Waals surface area (Å²) < 4.78 is 19.3. The third kappa shape index (κ3) is 4.12. The second kappa shape index (κ2) is 5.86. The molecule has 82 valence electrons. The summed E-state index contributed by atoms with van der Waals surface area (Å²) in [5.74, 6) is -0.796. The van der Waals surface area contributed by atoms with Crippen molar-refractivity contribution in [2.24, 2.45) is 0 Å². The Morgan fingerprint density at radius 2 is 2.13 bits per heavy atom. The first-order valence-corrected chi connectivity index (χ1v) is 6.20. The van der Waals surface area contributed by atoms with Gasteiger partial charge in [0, 0.05) is 6.07 Å². The van der Waals surface area contributed by atoms with Gasteiger partial charge in [0.2, 0.25) is 0 Å². The number of halogens is 4. The third-order valence-electron chi connectivity index (χ3n) is 1.48. The van der Waals surface area contributed by atoms with Gasteiger partial charge in [0.15, 0.2) is 11.6 Å². The molecular weight excluding hydrogens is 399 g/mol. The number of aromatic hydroxyl groups is 1. The quantitative estimate of drug-likeness (QED) is 0.813. The number of benzene rings is 1. The van der Waals surface area contributed by atoms with E-state index >= 15 is 0 Å². The van der Waals surface area contributed by atoms with Crippen LogP contribution < -0.4 is 4.74 Å². The highest BCUT2D eigenvalue weighted by molar-refractivity contribution is 9.28. The lowest BCUT2D eigenvalue weighted by molar-refractivity contribution is 0.356. The number of hydrogen-bond acceptors (Lipinski definition) is 2. The minimum atomic E-state index is -0.721. The van der Waals surface area contributed by atoms with E-state index in [1.165, 1.54) is 6.07 Å². The number of rotatable bonds is 3. The van der Waals surface area contributed by atoms with Crippen molar-refractivity contribution in [1.29, 1.82) is 0 Å². The molecule has 0 spiro atoms. The Morgan fingerprint density at radius 3 is 2.67 bits per heavy atom. The fourth-order valence-corrected chi connectivity index (χ4v) is 1.51. The van der Waals surface area contributed by atoms with Crippen molar-refractivity contribution in [1.82, 2.24) is 0 Å². The molecule has 2 nitrogen and oxygen atoms in total. The highest BCUT2D eigenvalue weighted by Gasteiger charge is 2.07. The van der Waals surface area contributed by atoms with Crippen molar-refractivity contribution in [3.05, 3.63) is 31.9 Å². The average Bonchev–Trinajstić information content (AvgIpc) is 2.13. The predicted molar refractivity (Wildman–Crippen MR) is 67.2 cm³/mol. The largest absolute Gasteiger partial charge is 0.504 e. The highest BCUT2D eigenvalue weighted by Crippen LogP contribution is 2.31. The van der Waals surface area contributed by atoms with Crippen LogP contribution in [0.5, 0.6) is 11.5 Å². The lowest BCUT2D eigenvalue weighted by Crippen LogP contribution is -1.94. The van der Waals surface area contributed by atoms with Gasteiger partial charge in [0.25, 0.3) is 0 Å². The van der Waals surface area contributed by atoms with Crippen LogP contribution in [-0.2, 0) is 0 Å². The first-order valence-electron chi connectivity index (χ1n) is 3.82. The van der Waals surface area contributed by atoms with Crippen molar-refractivity contribution in [3.8, 4) is 11.5 Å². The summed E-state index contributed by atoms with van der Waals surface area (Å²) in [6.07, 6.45) is 1.72. The van der Waals surface area contributed by atoms with Gasteiger partial charge in [-0.25, -0.2) is 4.39 Å². The molecular formula is C9H6Br3FO2. The summed E-state index contributed by atoms with van der Waals surface area (Å²) >= 11 is 9.34. The van der Waals surface area contributed by atoms with E-state index in [1.807, 2.05) is 0 Å². The molecule has 1 rings (SSSR count). The molecule has 0 aliphatic carbocycles. The molecule has 6 heteroatoms. The summed E-state index contributed by atoms with van der Waals surface area (Å²) in [5, 5.41) is 9.14. The van der Waals surface area contributed by atoms with Crippen molar-refractivity contribution >= 4 is 47.8 Å². The molecule has 1 aromatic carbocycles. The Kier molecular flexibility index (Phi) is 5.08. The van der Waals surface area contributed by atoms with Crippen molar-refractivity contribution in [3.63, 3.8) is 0 Å². The van der Waals surface area contributed by atoms with Gasteiger partial charge in [-0.05, 0) is 59.9 Å². The molecule has 1 N–H and O–H groups in total. The second-order valence-corrected chi connectivity index (χ2v) is 6.17. The van der Waals surface area contributed by atoms with Gasteiger partial charge in [0.05, 0.1) is 7.86 Å². The van der Waals surface area contributed by atoms with Crippen LogP contribution in [0.3, 0.4) is 0 Å². The van der Waals surface area contributed by atoms with Crippen LogP contribution in [0.15, 0.2) is 26.1 Å². The zero-order valence-electron chi connectivity index (χ0n) is 7.31. The Hall–Kier alpha value is -0.0700. The van der Waals surface area contributed by atoms with Crippen LogP contribution in [0.2, 0.25) is 0 Å². The summed E-state index contributed by atoms with van der Waals surface area (Å²) in [7, 11) is 0. The maximum atomic E-state index is 13.0. The summed E-state index contributed by atoms with van der Waals surface area (Å²) in [5.41, 5.74) is 0. The topological polar surface area (TPSA) is 29.5 Å². The number of phenolic OH excluding ortho intramolecular Hbond substituents is 1. The molecule has 1 aromatic rings. The first-order chi connectivity index (χ1) is 7.00. The number of hydrogen-bond donors (Lipinski definition) is 1. The Morgan fingerprint density at radius 1 is 1.47 bits per heavy atom. The van der Waals surface area contributed by atoms with Crippen molar-refractivity contribution in [2.45, 2.75) is 0 Å².